The van der Waals surface area contributed by atoms with E-state index in [0.717, 1.165) is 18.7 Å². The van der Waals surface area contributed by atoms with Gasteiger partial charge in [-0.2, -0.15) is 5.26 Å². The fourth-order valence-corrected chi connectivity index (χ4v) is 2.46. The van der Waals surface area contributed by atoms with Crippen LogP contribution in [0.15, 0.2) is 18.2 Å². The zero-order valence-electron chi connectivity index (χ0n) is 8.01. The van der Waals surface area contributed by atoms with Gasteiger partial charge in [0, 0.05) is 18.5 Å². The maximum atomic E-state index is 8.81. The molecule has 0 radical (unpaired) electrons. The summed E-state index contributed by atoms with van der Waals surface area (Å²) in [5.41, 5.74) is 4.02. The molecular weight excluding hydrogens is 172 g/mol. The fourth-order valence-electron chi connectivity index (χ4n) is 2.46. The van der Waals surface area contributed by atoms with E-state index in [0.29, 0.717) is 5.41 Å². The van der Waals surface area contributed by atoms with Crippen LogP contribution in [0.4, 0.5) is 0 Å². The Labute approximate surface area is 83.6 Å². The fraction of sp³-hybridized carbons (Fsp3) is 0.417. The van der Waals surface area contributed by atoms with Crippen molar-refractivity contribution in [3.8, 4) is 6.07 Å². The SMILES string of the molecule is N#Cc1ccc2c(c1)CNCC21CC1. The Bertz CT molecular complexity index is 424. The van der Waals surface area contributed by atoms with Gasteiger partial charge in [-0.05, 0) is 36.1 Å². The molecular formula is C12H12N2. The summed E-state index contributed by atoms with van der Waals surface area (Å²) in [6.07, 6.45) is 2.61. The number of fused-ring (bicyclic) bond motifs is 2. The van der Waals surface area contributed by atoms with Gasteiger partial charge in [-0.3, -0.25) is 0 Å². The van der Waals surface area contributed by atoms with E-state index < -0.39 is 0 Å². The first-order valence-corrected chi connectivity index (χ1v) is 5.08. The number of rotatable bonds is 0. The Morgan fingerprint density at radius 2 is 2.21 bits per heavy atom. The van der Waals surface area contributed by atoms with Crippen molar-refractivity contribution in [3.63, 3.8) is 0 Å². The summed E-state index contributed by atoms with van der Waals surface area (Å²) < 4.78 is 0. The third kappa shape index (κ3) is 0.995. The second-order valence-electron chi connectivity index (χ2n) is 4.37. The topological polar surface area (TPSA) is 35.8 Å². The predicted octanol–water partition coefficient (Wildman–Crippen LogP) is 1.69. The van der Waals surface area contributed by atoms with Gasteiger partial charge in [-0.15, -0.1) is 0 Å². The van der Waals surface area contributed by atoms with Gasteiger partial charge >= 0.3 is 0 Å². The van der Waals surface area contributed by atoms with E-state index in [-0.39, 0.29) is 0 Å². The first kappa shape index (κ1) is 8.02. The van der Waals surface area contributed by atoms with Gasteiger partial charge in [0.25, 0.3) is 0 Å². The van der Waals surface area contributed by atoms with Crippen LogP contribution in [-0.2, 0) is 12.0 Å². The molecule has 1 aliphatic heterocycles. The lowest BCUT2D eigenvalue weighted by Gasteiger charge is -2.26. The smallest absolute Gasteiger partial charge is 0.0991 e. The molecule has 3 rings (SSSR count). The number of hydrogen-bond acceptors (Lipinski definition) is 2. The molecule has 0 unspecified atom stereocenters. The summed E-state index contributed by atoms with van der Waals surface area (Å²) in [7, 11) is 0. The Hall–Kier alpha value is -1.33. The van der Waals surface area contributed by atoms with Crippen LogP contribution in [0, 0.1) is 11.3 Å². The van der Waals surface area contributed by atoms with Crippen LogP contribution in [0.2, 0.25) is 0 Å². The summed E-state index contributed by atoms with van der Waals surface area (Å²) in [4.78, 5) is 0. The molecule has 1 aromatic rings. The van der Waals surface area contributed by atoms with Crippen LogP contribution >= 0.6 is 0 Å². The van der Waals surface area contributed by atoms with Gasteiger partial charge < -0.3 is 5.32 Å². The number of benzene rings is 1. The van der Waals surface area contributed by atoms with E-state index in [1.807, 2.05) is 12.1 Å². The molecule has 0 amide bonds. The molecule has 1 fully saturated rings. The van der Waals surface area contributed by atoms with E-state index >= 15 is 0 Å². The van der Waals surface area contributed by atoms with Crippen molar-refractivity contribution >= 4 is 0 Å². The Kier molecular flexibility index (Phi) is 1.48. The molecule has 70 valence electrons. The minimum Gasteiger partial charge on any atom is -0.312 e. The summed E-state index contributed by atoms with van der Waals surface area (Å²) >= 11 is 0. The highest BCUT2D eigenvalue weighted by atomic mass is 14.9. The van der Waals surface area contributed by atoms with Gasteiger partial charge in [0.15, 0.2) is 0 Å². The lowest BCUT2D eigenvalue weighted by atomic mass is 9.87. The maximum absolute atomic E-state index is 8.81. The highest BCUT2D eigenvalue weighted by molar-refractivity contribution is 5.46. The van der Waals surface area contributed by atoms with E-state index in [1.165, 1.54) is 24.0 Å². The van der Waals surface area contributed by atoms with Crippen molar-refractivity contribution in [1.82, 2.24) is 5.32 Å². The van der Waals surface area contributed by atoms with Gasteiger partial charge in [0.1, 0.15) is 0 Å². The zero-order valence-corrected chi connectivity index (χ0v) is 8.01. The molecule has 1 saturated carbocycles. The quantitative estimate of drug-likeness (QED) is 0.666. The van der Waals surface area contributed by atoms with E-state index in [4.69, 9.17) is 5.26 Å². The van der Waals surface area contributed by atoms with Gasteiger partial charge in [-0.25, -0.2) is 0 Å². The molecule has 0 bridgehead atoms. The molecule has 2 aliphatic rings. The zero-order chi connectivity index (χ0) is 9.60. The summed E-state index contributed by atoms with van der Waals surface area (Å²) in [5, 5.41) is 12.3. The number of nitrogens with zero attached hydrogens (tertiary/aromatic N) is 1. The van der Waals surface area contributed by atoms with Crippen molar-refractivity contribution in [2.24, 2.45) is 0 Å². The van der Waals surface area contributed by atoms with Crippen LogP contribution < -0.4 is 5.32 Å². The van der Waals surface area contributed by atoms with Crippen molar-refractivity contribution in [2.45, 2.75) is 24.8 Å². The van der Waals surface area contributed by atoms with Crippen molar-refractivity contribution in [2.75, 3.05) is 6.54 Å². The minimum absolute atomic E-state index is 0.432. The monoisotopic (exact) mass is 184 g/mol. The summed E-state index contributed by atoms with van der Waals surface area (Å²) in [6, 6.07) is 8.33. The third-order valence-corrected chi connectivity index (χ3v) is 3.44. The molecule has 0 aromatic heterocycles. The average Bonchev–Trinajstić information content (AvgIpc) is 2.99. The second kappa shape index (κ2) is 2.59. The standard InChI is InChI=1S/C12H12N2/c13-6-9-1-2-11-10(5-9)7-14-8-12(11)3-4-12/h1-2,5,14H,3-4,7-8H2. The predicted molar refractivity (Wildman–Crippen MR) is 53.8 cm³/mol. The molecule has 14 heavy (non-hydrogen) atoms. The first-order chi connectivity index (χ1) is 6.84. The van der Waals surface area contributed by atoms with Crippen LogP contribution in [0.25, 0.3) is 0 Å². The summed E-state index contributed by atoms with van der Waals surface area (Å²) in [6.45, 7) is 2.04. The lowest BCUT2D eigenvalue weighted by molar-refractivity contribution is 0.531. The molecule has 2 heteroatoms. The van der Waals surface area contributed by atoms with Gasteiger partial charge in [0.05, 0.1) is 11.6 Å². The summed E-state index contributed by atoms with van der Waals surface area (Å²) in [5.74, 6) is 0. The molecule has 0 atom stereocenters. The third-order valence-electron chi connectivity index (χ3n) is 3.44. The number of nitriles is 1. The average molecular weight is 184 g/mol. The highest BCUT2D eigenvalue weighted by Gasteiger charge is 2.46. The molecule has 2 nitrogen and oxygen atoms in total. The van der Waals surface area contributed by atoms with Crippen LogP contribution in [0.1, 0.15) is 29.5 Å². The van der Waals surface area contributed by atoms with E-state index in [1.54, 1.807) is 0 Å². The largest absolute Gasteiger partial charge is 0.312 e. The van der Waals surface area contributed by atoms with Gasteiger partial charge in [-0.1, -0.05) is 6.07 Å². The maximum Gasteiger partial charge on any atom is 0.0991 e. The number of hydrogen-bond donors (Lipinski definition) is 1. The van der Waals surface area contributed by atoms with Crippen molar-refractivity contribution in [1.29, 1.82) is 5.26 Å². The van der Waals surface area contributed by atoms with Crippen LogP contribution in [-0.4, -0.2) is 6.54 Å². The van der Waals surface area contributed by atoms with E-state index in [9.17, 15) is 0 Å². The molecule has 0 saturated heterocycles. The Morgan fingerprint density at radius 3 is 2.93 bits per heavy atom. The normalized spacial score (nSPS) is 21.4. The first-order valence-electron chi connectivity index (χ1n) is 5.08. The second-order valence-corrected chi connectivity index (χ2v) is 4.37. The highest BCUT2D eigenvalue weighted by Crippen LogP contribution is 2.50. The van der Waals surface area contributed by atoms with Crippen LogP contribution in [0.5, 0.6) is 0 Å². The molecule has 1 aromatic carbocycles. The molecule has 1 heterocycles. The Balaban J connectivity index is 2.13. The molecule has 1 aliphatic carbocycles. The van der Waals surface area contributed by atoms with E-state index in [2.05, 4.69) is 17.5 Å². The number of nitrogens with one attached hydrogen (secondary N) is 1. The molecule has 1 N–H and O–H groups in total. The van der Waals surface area contributed by atoms with Gasteiger partial charge in [0.2, 0.25) is 0 Å². The van der Waals surface area contributed by atoms with Crippen LogP contribution in [0.3, 0.4) is 0 Å². The molecule has 1 spiro atoms. The van der Waals surface area contributed by atoms with Crippen molar-refractivity contribution < 1.29 is 0 Å². The minimum atomic E-state index is 0.432. The Morgan fingerprint density at radius 1 is 1.36 bits per heavy atom. The lowest BCUT2D eigenvalue weighted by Crippen LogP contribution is -2.33. The van der Waals surface area contributed by atoms with Crippen molar-refractivity contribution in [3.05, 3.63) is 34.9 Å².